The number of benzene rings is 1. The highest BCUT2D eigenvalue weighted by atomic mass is 32.1. The van der Waals surface area contributed by atoms with E-state index in [4.69, 9.17) is 5.11 Å². The standard InChI is InChI=1S/C19H21FN2O3S/c20-14-5-1-12(2-6-14)9-18-22-16(11-26-18)10-17(23)21-15-7-3-13(4-8-15)19(24)25/h1-2,5-6,11,13,15H,3-4,7-10H2,(H,21,23)(H,24,25). The maximum atomic E-state index is 12.9. The minimum atomic E-state index is -0.745. The van der Waals surface area contributed by atoms with E-state index in [0.717, 1.165) is 16.3 Å². The maximum Gasteiger partial charge on any atom is 0.306 e. The third-order valence-electron chi connectivity index (χ3n) is 4.65. The van der Waals surface area contributed by atoms with Gasteiger partial charge in [0, 0.05) is 17.8 Å². The van der Waals surface area contributed by atoms with E-state index < -0.39 is 5.97 Å². The third-order valence-corrected chi connectivity index (χ3v) is 5.55. The predicted octanol–water partition coefficient (Wildman–Crippen LogP) is 3.18. The largest absolute Gasteiger partial charge is 0.481 e. The molecule has 1 heterocycles. The molecule has 1 aliphatic rings. The molecule has 1 fully saturated rings. The zero-order valence-corrected chi connectivity index (χ0v) is 15.1. The van der Waals surface area contributed by atoms with E-state index in [1.54, 1.807) is 12.1 Å². The second-order valence-electron chi connectivity index (χ2n) is 6.67. The van der Waals surface area contributed by atoms with Gasteiger partial charge in [0.25, 0.3) is 0 Å². The Morgan fingerprint density at radius 3 is 2.54 bits per heavy atom. The Balaban J connectivity index is 1.47. The van der Waals surface area contributed by atoms with E-state index in [-0.39, 0.29) is 30.1 Å². The Kier molecular flexibility index (Phi) is 5.98. The smallest absolute Gasteiger partial charge is 0.306 e. The van der Waals surface area contributed by atoms with E-state index in [2.05, 4.69) is 10.3 Å². The van der Waals surface area contributed by atoms with Gasteiger partial charge in [-0.15, -0.1) is 11.3 Å². The molecular formula is C19H21FN2O3S. The molecule has 2 aromatic rings. The van der Waals surface area contributed by atoms with Gasteiger partial charge in [-0.3, -0.25) is 9.59 Å². The normalized spacial score (nSPS) is 19.9. The number of thiazole rings is 1. The van der Waals surface area contributed by atoms with Crippen LogP contribution in [-0.2, 0) is 22.4 Å². The molecule has 0 radical (unpaired) electrons. The molecule has 138 valence electrons. The third kappa shape index (κ3) is 5.11. The van der Waals surface area contributed by atoms with Gasteiger partial charge in [0.1, 0.15) is 5.82 Å². The average molecular weight is 376 g/mol. The molecule has 1 aromatic heterocycles. The zero-order valence-electron chi connectivity index (χ0n) is 14.3. The minimum Gasteiger partial charge on any atom is -0.481 e. The molecule has 7 heteroatoms. The van der Waals surface area contributed by atoms with E-state index in [1.807, 2.05) is 5.38 Å². The molecule has 0 bridgehead atoms. The molecule has 2 N–H and O–H groups in total. The molecule has 26 heavy (non-hydrogen) atoms. The van der Waals surface area contributed by atoms with Crippen LogP contribution in [0.4, 0.5) is 4.39 Å². The highest BCUT2D eigenvalue weighted by Crippen LogP contribution is 2.24. The van der Waals surface area contributed by atoms with Gasteiger partial charge in [0.05, 0.1) is 23.0 Å². The number of hydrogen-bond acceptors (Lipinski definition) is 4. The van der Waals surface area contributed by atoms with Crippen LogP contribution in [0.2, 0.25) is 0 Å². The number of carboxylic acid groups (broad SMARTS) is 1. The van der Waals surface area contributed by atoms with Crippen LogP contribution in [-0.4, -0.2) is 28.0 Å². The average Bonchev–Trinajstić information content (AvgIpc) is 3.04. The summed E-state index contributed by atoms with van der Waals surface area (Å²) in [5, 5.41) is 14.8. The molecule has 1 aliphatic carbocycles. The number of halogens is 1. The van der Waals surface area contributed by atoms with Crippen LogP contribution >= 0.6 is 11.3 Å². The van der Waals surface area contributed by atoms with Crippen molar-refractivity contribution >= 4 is 23.2 Å². The number of aromatic nitrogens is 1. The summed E-state index contributed by atoms with van der Waals surface area (Å²) in [6, 6.07) is 6.37. The van der Waals surface area contributed by atoms with E-state index >= 15 is 0 Å². The first-order valence-corrected chi connectivity index (χ1v) is 9.57. The van der Waals surface area contributed by atoms with Gasteiger partial charge in [-0.05, 0) is 43.4 Å². The molecule has 1 amide bonds. The fourth-order valence-electron chi connectivity index (χ4n) is 3.22. The molecule has 0 unspecified atom stereocenters. The number of nitrogens with zero attached hydrogens (tertiary/aromatic N) is 1. The summed E-state index contributed by atoms with van der Waals surface area (Å²) in [6.07, 6.45) is 3.47. The van der Waals surface area contributed by atoms with Gasteiger partial charge in [0.2, 0.25) is 5.91 Å². The molecule has 0 aliphatic heterocycles. The number of hydrogen-bond donors (Lipinski definition) is 2. The van der Waals surface area contributed by atoms with Crippen molar-refractivity contribution in [2.45, 2.75) is 44.6 Å². The molecule has 3 rings (SSSR count). The monoisotopic (exact) mass is 376 g/mol. The highest BCUT2D eigenvalue weighted by molar-refractivity contribution is 7.09. The van der Waals surface area contributed by atoms with Crippen LogP contribution in [0.1, 0.15) is 41.9 Å². The second kappa shape index (κ2) is 8.40. The van der Waals surface area contributed by atoms with Gasteiger partial charge < -0.3 is 10.4 Å². The van der Waals surface area contributed by atoms with Crippen LogP contribution < -0.4 is 5.32 Å². The molecule has 1 aromatic carbocycles. The Hall–Kier alpha value is -2.28. The lowest BCUT2D eigenvalue weighted by Gasteiger charge is -2.26. The lowest BCUT2D eigenvalue weighted by atomic mass is 9.86. The SMILES string of the molecule is O=C(Cc1csc(Cc2ccc(F)cc2)n1)NC1CCC(C(=O)O)CC1. The number of amides is 1. The van der Waals surface area contributed by atoms with E-state index in [9.17, 15) is 14.0 Å². The van der Waals surface area contributed by atoms with Crippen LogP contribution in [0.5, 0.6) is 0 Å². The van der Waals surface area contributed by atoms with Gasteiger partial charge in [-0.25, -0.2) is 9.37 Å². The predicted molar refractivity (Wildman–Crippen MR) is 96.5 cm³/mol. The van der Waals surface area contributed by atoms with E-state index in [1.165, 1.54) is 23.5 Å². The first-order valence-electron chi connectivity index (χ1n) is 8.69. The van der Waals surface area contributed by atoms with Gasteiger partial charge >= 0.3 is 5.97 Å². The number of aliphatic carboxylic acids is 1. The summed E-state index contributed by atoms with van der Waals surface area (Å²) in [5.41, 5.74) is 1.70. The summed E-state index contributed by atoms with van der Waals surface area (Å²) in [6.45, 7) is 0. The number of carbonyl (C=O) groups excluding carboxylic acids is 1. The van der Waals surface area contributed by atoms with Crippen LogP contribution in [0.15, 0.2) is 29.6 Å². The fraction of sp³-hybridized carbons (Fsp3) is 0.421. The van der Waals surface area contributed by atoms with Crippen LogP contribution in [0, 0.1) is 11.7 Å². The van der Waals surface area contributed by atoms with Gasteiger partial charge in [-0.2, -0.15) is 0 Å². The minimum absolute atomic E-state index is 0.0513. The number of nitrogens with one attached hydrogen (secondary N) is 1. The summed E-state index contributed by atoms with van der Waals surface area (Å²) in [5.74, 6) is -1.37. The molecule has 0 saturated heterocycles. The number of rotatable bonds is 6. The van der Waals surface area contributed by atoms with Crippen molar-refractivity contribution < 1.29 is 19.1 Å². The van der Waals surface area contributed by atoms with Crippen molar-refractivity contribution in [1.82, 2.24) is 10.3 Å². The first kappa shape index (κ1) is 18.5. The molecule has 0 spiro atoms. The summed E-state index contributed by atoms with van der Waals surface area (Å²) in [4.78, 5) is 27.6. The van der Waals surface area contributed by atoms with Crippen molar-refractivity contribution in [1.29, 1.82) is 0 Å². The molecule has 1 saturated carbocycles. The van der Waals surface area contributed by atoms with Crippen molar-refractivity contribution in [3.8, 4) is 0 Å². The second-order valence-corrected chi connectivity index (χ2v) is 7.61. The van der Waals surface area contributed by atoms with Gasteiger partial charge in [0.15, 0.2) is 0 Å². The number of carbonyl (C=O) groups is 2. The zero-order chi connectivity index (χ0) is 18.5. The first-order chi connectivity index (χ1) is 12.5. The van der Waals surface area contributed by atoms with Crippen LogP contribution in [0.25, 0.3) is 0 Å². The fourth-order valence-corrected chi connectivity index (χ4v) is 4.04. The quantitative estimate of drug-likeness (QED) is 0.812. The Morgan fingerprint density at radius 2 is 1.88 bits per heavy atom. The van der Waals surface area contributed by atoms with Crippen molar-refractivity contribution in [3.63, 3.8) is 0 Å². The maximum absolute atomic E-state index is 12.9. The van der Waals surface area contributed by atoms with Crippen molar-refractivity contribution in [3.05, 3.63) is 51.7 Å². The Labute approximate surface area is 155 Å². The highest BCUT2D eigenvalue weighted by Gasteiger charge is 2.26. The Morgan fingerprint density at radius 1 is 1.19 bits per heavy atom. The lowest BCUT2D eigenvalue weighted by molar-refractivity contribution is -0.142. The number of carboxylic acids is 1. The molecular weight excluding hydrogens is 355 g/mol. The topological polar surface area (TPSA) is 79.3 Å². The summed E-state index contributed by atoms with van der Waals surface area (Å²) < 4.78 is 12.9. The van der Waals surface area contributed by atoms with Crippen LogP contribution in [0.3, 0.4) is 0 Å². The van der Waals surface area contributed by atoms with Crippen molar-refractivity contribution in [2.24, 2.45) is 5.92 Å². The van der Waals surface area contributed by atoms with Gasteiger partial charge in [-0.1, -0.05) is 12.1 Å². The molecule has 0 atom stereocenters. The Bertz CT molecular complexity index is 767. The lowest BCUT2D eigenvalue weighted by Crippen LogP contribution is -2.39. The summed E-state index contributed by atoms with van der Waals surface area (Å²) in [7, 11) is 0. The van der Waals surface area contributed by atoms with E-state index in [0.29, 0.717) is 32.1 Å². The summed E-state index contributed by atoms with van der Waals surface area (Å²) >= 11 is 1.49. The van der Waals surface area contributed by atoms with Crippen molar-refractivity contribution in [2.75, 3.05) is 0 Å². The molecule has 5 nitrogen and oxygen atoms in total.